The van der Waals surface area contributed by atoms with E-state index >= 15 is 0 Å². The van der Waals surface area contributed by atoms with Gasteiger partial charge in [-0.25, -0.2) is 0 Å². The van der Waals surface area contributed by atoms with E-state index in [1.54, 1.807) is 0 Å². The van der Waals surface area contributed by atoms with Gasteiger partial charge in [0.2, 0.25) is 0 Å². The summed E-state index contributed by atoms with van der Waals surface area (Å²) < 4.78 is 0. The molecule has 0 radical (unpaired) electrons. The summed E-state index contributed by atoms with van der Waals surface area (Å²) in [7, 11) is 0. The van der Waals surface area contributed by atoms with Crippen LogP contribution < -0.4 is 11.1 Å². The van der Waals surface area contributed by atoms with Gasteiger partial charge in [-0.1, -0.05) is 25.5 Å². The molecule has 2 fully saturated rings. The molecule has 0 aromatic heterocycles. The van der Waals surface area contributed by atoms with Gasteiger partial charge >= 0.3 is 0 Å². The molecule has 20 heavy (non-hydrogen) atoms. The van der Waals surface area contributed by atoms with Crippen LogP contribution in [0.1, 0.15) is 57.4 Å². The van der Waals surface area contributed by atoms with Crippen molar-refractivity contribution in [2.24, 2.45) is 11.1 Å². The van der Waals surface area contributed by atoms with Crippen molar-refractivity contribution in [2.45, 2.75) is 63.8 Å². The number of nitrogens with one attached hydrogen (secondary N) is 1. The van der Waals surface area contributed by atoms with Crippen LogP contribution in [-0.2, 0) is 6.42 Å². The lowest BCUT2D eigenvalue weighted by molar-refractivity contribution is 0.313. The molecule has 2 heteroatoms. The normalized spacial score (nSPS) is 31.7. The number of hydrogen-bond acceptors (Lipinski definition) is 2. The first-order valence-electron chi connectivity index (χ1n) is 8.25. The highest BCUT2D eigenvalue weighted by Gasteiger charge is 2.51. The van der Waals surface area contributed by atoms with E-state index in [-0.39, 0.29) is 5.54 Å². The Kier molecular flexibility index (Phi) is 3.76. The number of rotatable bonds is 6. The van der Waals surface area contributed by atoms with Gasteiger partial charge in [0.1, 0.15) is 0 Å². The van der Waals surface area contributed by atoms with Crippen LogP contribution in [-0.4, -0.2) is 12.1 Å². The molecular weight excluding hydrogens is 244 g/mol. The second kappa shape index (κ2) is 5.40. The van der Waals surface area contributed by atoms with Crippen molar-refractivity contribution < 1.29 is 0 Å². The predicted molar refractivity (Wildman–Crippen MR) is 86.0 cm³/mol. The maximum absolute atomic E-state index is 6.39. The summed E-state index contributed by atoms with van der Waals surface area (Å²) in [4.78, 5) is 0. The van der Waals surface area contributed by atoms with Crippen LogP contribution in [0.4, 0.5) is 5.69 Å². The molecule has 2 saturated carbocycles. The first-order chi connectivity index (χ1) is 9.63. The minimum Gasteiger partial charge on any atom is -0.384 e. The summed E-state index contributed by atoms with van der Waals surface area (Å²) in [6, 6.07) is 9.01. The molecule has 0 aliphatic heterocycles. The van der Waals surface area contributed by atoms with E-state index in [9.17, 15) is 0 Å². The van der Waals surface area contributed by atoms with Gasteiger partial charge in [-0.05, 0) is 68.1 Å². The fourth-order valence-corrected chi connectivity index (χ4v) is 4.08. The first kappa shape index (κ1) is 13.9. The molecule has 2 bridgehead atoms. The van der Waals surface area contributed by atoms with Gasteiger partial charge in [-0.3, -0.25) is 0 Å². The average molecular weight is 272 g/mol. The van der Waals surface area contributed by atoms with Crippen molar-refractivity contribution in [2.75, 3.05) is 11.9 Å². The van der Waals surface area contributed by atoms with Crippen molar-refractivity contribution in [1.29, 1.82) is 0 Å². The fourth-order valence-electron chi connectivity index (χ4n) is 4.08. The third kappa shape index (κ3) is 2.85. The Hall–Kier alpha value is -1.02. The first-order valence-corrected chi connectivity index (χ1v) is 8.25. The minimum atomic E-state index is 0.172. The van der Waals surface area contributed by atoms with Crippen molar-refractivity contribution >= 4 is 5.69 Å². The summed E-state index contributed by atoms with van der Waals surface area (Å²) in [6.45, 7) is 3.34. The zero-order chi connectivity index (χ0) is 14.1. The Morgan fingerprint density at radius 3 is 2.35 bits per heavy atom. The molecular formula is C18H28N2. The van der Waals surface area contributed by atoms with Crippen molar-refractivity contribution in [1.82, 2.24) is 0 Å². The third-order valence-corrected chi connectivity index (χ3v) is 5.47. The Morgan fingerprint density at radius 1 is 1.10 bits per heavy atom. The van der Waals surface area contributed by atoms with Crippen LogP contribution in [0, 0.1) is 5.41 Å². The molecule has 3 N–H and O–H groups in total. The molecule has 110 valence electrons. The zero-order valence-corrected chi connectivity index (χ0v) is 12.8. The number of anilines is 1. The smallest absolute Gasteiger partial charge is 0.0340 e. The van der Waals surface area contributed by atoms with Crippen LogP contribution in [0.2, 0.25) is 0 Å². The highest BCUT2D eigenvalue weighted by Crippen LogP contribution is 2.55. The number of aryl methyl sites for hydroxylation is 1. The van der Waals surface area contributed by atoms with Crippen LogP contribution in [0.25, 0.3) is 0 Å². The number of nitrogens with two attached hydrogens (primary N) is 1. The highest BCUT2D eigenvalue weighted by atomic mass is 14.9. The maximum atomic E-state index is 6.39. The summed E-state index contributed by atoms with van der Waals surface area (Å²) in [5.41, 5.74) is 9.77. The number of benzene rings is 1. The fraction of sp³-hybridized carbons (Fsp3) is 0.667. The molecule has 1 aromatic carbocycles. The Balaban J connectivity index is 1.54. The summed E-state index contributed by atoms with van der Waals surface area (Å²) in [5.74, 6) is 0. The summed E-state index contributed by atoms with van der Waals surface area (Å²) >= 11 is 0. The molecule has 0 heterocycles. The minimum absolute atomic E-state index is 0.172. The lowest BCUT2D eigenvalue weighted by atomic mass is 9.84. The second-order valence-corrected chi connectivity index (χ2v) is 7.19. The van der Waals surface area contributed by atoms with E-state index in [2.05, 4.69) is 36.5 Å². The van der Waals surface area contributed by atoms with Crippen LogP contribution >= 0.6 is 0 Å². The van der Waals surface area contributed by atoms with Gasteiger partial charge < -0.3 is 11.1 Å². The third-order valence-electron chi connectivity index (χ3n) is 5.47. The quantitative estimate of drug-likeness (QED) is 0.818. The maximum Gasteiger partial charge on any atom is 0.0340 e. The molecule has 0 amide bonds. The molecule has 2 nitrogen and oxygen atoms in total. The summed E-state index contributed by atoms with van der Waals surface area (Å²) in [5, 5.41) is 3.65. The van der Waals surface area contributed by atoms with Gasteiger partial charge in [0.15, 0.2) is 0 Å². The average Bonchev–Trinajstić information content (AvgIpc) is 2.98. The molecule has 0 saturated heterocycles. The highest BCUT2D eigenvalue weighted by molar-refractivity contribution is 5.45. The van der Waals surface area contributed by atoms with Gasteiger partial charge in [0, 0.05) is 17.8 Å². The van der Waals surface area contributed by atoms with E-state index in [0.717, 1.165) is 6.54 Å². The van der Waals surface area contributed by atoms with Gasteiger partial charge in [-0.2, -0.15) is 0 Å². The SMILES string of the molecule is CCCCc1ccc(NC[C@]23CC[C@](N)(CC2)C3)cc1. The Bertz CT molecular complexity index is 441. The van der Waals surface area contributed by atoms with Gasteiger partial charge in [-0.15, -0.1) is 0 Å². The largest absolute Gasteiger partial charge is 0.384 e. The molecule has 2 aliphatic carbocycles. The van der Waals surface area contributed by atoms with E-state index in [1.807, 2.05) is 0 Å². The molecule has 3 rings (SSSR count). The van der Waals surface area contributed by atoms with E-state index in [1.165, 1.54) is 62.6 Å². The van der Waals surface area contributed by atoms with E-state index in [4.69, 9.17) is 5.73 Å². The lowest BCUT2D eigenvalue weighted by Gasteiger charge is -2.27. The monoisotopic (exact) mass is 272 g/mol. The summed E-state index contributed by atoms with van der Waals surface area (Å²) in [6.07, 6.45) is 10.1. The van der Waals surface area contributed by atoms with Crippen LogP contribution in [0.15, 0.2) is 24.3 Å². The topological polar surface area (TPSA) is 38.0 Å². The number of hydrogen-bond donors (Lipinski definition) is 2. The molecule has 0 unspecified atom stereocenters. The Labute approximate surface area is 123 Å². The standard InChI is InChI=1S/C18H28N2/c1-2-3-4-15-5-7-16(8-6-15)20-14-17-9-11-18(19,13-17)12-10-17/h5-8,20H,2-4,9-14,19H2,1H3/t17-,18+. The predicted octanol–water partition coefficient (Wildman–Crippen LogP) is 4.10. The van der Waals surface area contributed by atoms with Gasteiger partial charge in [0.25, 0.3) is 0 Å². The van der Waals surface area contributed by atoms with Gasteiger partial charge in [0.05, 0.1) is 0 Å². The van der Waals surface area contributed by atoms with Crippen molar-refractivity contribution in [3.05, 3.63) is 29.8 Å². The molecule has 1 aromatic rings. The number of fused-ring (bicyclic) bond motifs is 2. The lowest BCUT2D eigenvalue weighted by Crippen LogP contribution is -2.33. The second-order valence-electron chi connectivity index (χ2n) is 7.19. The molecule has 2 aliphatic rings. The van der Waals surface area contributed by atoms with Crippen LogP contribution in [0.5, 0.6) is 0 Å². The van der Waals surface area contributed by atoms with Crippen molar-refractivity contribution in [3.63, 3.8) is 0 Å². The number of unbranched alkanes of at least 4 members (excludes halogenated alkanes) is 1. The zero-order valence-electron chi connectivity index (χ0n) is 12.8. The Morgan fingerprint density at radius 2 is 1.80 bits per heavy atom. The molecule has 0 atom stereocenters. The molecule has 0 spiro atoms. The van der Waals surface area contributed by atoms with Crippen LogP contribution in [0.3, 0.4) is 0 Å². The van der Waals surface area contributed by atoms with E-state index < -0.39 is 0 Å². The van der Waals surface area contributed by atoms with Crippen molar-refractivity contribution in [3.8, 4) is 0 Å². The van der Waals surface area contributed by atoms with E-state index in [0.29, 0.717) is 5.41 Å².